The molecular formula is C22H25N3O4S. The Morgan fingerprint density at radius 2 is 1.80 bits per heavy atom. The highest BCUT2D eigenvalue weighted by Gasteiger charge is 2.38. The number of amides is 2. The number of thioether (sulfide) groups is 1. The molecule has 158 valence electrons. The number of nitrogens with zero attached hydrogens (tertiary/aromatic N) is 1. The Morgan fingerprint density at radius 3 is 2.40 bits per heavy atom. The first kappa shape index (κ1) is 23.1. The third-order valence-corrected chi connectivity index (χ3v) is 5.48. The quantitative estimate of drug-likeness (QED) is 0.469. The van der Waals surface area contributed by atoms with Gasteiger partial charge in [-0.3, -0.25) is 4.79 Å². The molecule has 0 radical (unpaired) electrons. The van der Waals surface area contributed by atoms with Crippen LogP contribution in [-0.2, 0) is 16.1 Å². The van der Waals surface area contributed by atoms with Crippen molar-refractivity contribution < 1.29 is 19.1 Å². The fourth-order valence-electron chi connectivity index (χ4n) is 2.67. The van der Waals surface area contributed by atoms with Gasteiger partial charge in [0.15, 0.2) is 0 Å². The number of carbonyl (C=O) groups excluding carboxylic acids is 2. The molecule has 0 bridgehead atoms. The molecule has 0 fully saturated rings. The zero-order chi connectivity index (χ0) is 22.0. The summed E-state index contributed by atoms with van der Waals surface area (Å²) in [5.74, 6) is 0.266. The van der Waals surface area contributed by atoms with Crippen molar-refractivity contribution in [1.82, 2.24) is 10.6 Å². The highest BCUT2D eigenvalue weighted by Crippen LogP contribution is 2.36. The second kappa shape index (κ2) is 11.1. The van der Waals surface area contributed by atoms with Crippen molar-refractivity contribution >= 4 is 23.8 Å². The van der Waals surface area contributed by atoms with Crippen LogP contribution in [0.15, 0.2) is 59.5 Å². The lowest BCUT2D eigenvalue weighted by atomic mass is 10.0. The van der Waals surface area contributed by atoms with Gasteiger partial charge in [-0.2, -0.15) is 5.26 Å². The molecule has 2 N–H and O–H groups in total. The largest absolute Gasteiger partial charge is 0.497 e. The highest BCUT2D eigenvalue weighted by atomic mass is 32.2. The van der Waals surface area contributed by atoms with Crippen LogP contribution in [0.25, 0.3) is 0 Å². The summed E-state index contributed by atoms with van der Waals surface area (Å²) in [5, 5.41) is 14.0. The molecule has 8 heteroatoms. The van der Waals surface area contributed by atoms with E-state index in [4.69, 9.17) is 14.7 Å². The van der Waals surface area contributed by atoms with Crippen LogP contribution in [0.1, 0.15) is 19.4 Å². The Kier molecular flexibility index (Phi) is 8.56. The summed E-state index contributed by atoms with van der Waals surface area (Å²) in [4.78, 5) is 26.0. The van der Waals surface area contributed by atoms with Gasteiger partial charge in [-0.25, -0.2) is 4.79 Å². The zero-order valence-electron chi connectivity index (χ0n) is 17.2. The molecule has 0 unspecified atom stereocenters. The predicted octanol–water partition coefficient (Wildman–Crippen LogP) is 3.50. The number of nitriles is 1. The lowest BCUT2D eigenvalue weighted by molar-refractivity contribution is -0.123. The second-order valence-electron chi connectivity index (χ2n) is 6.90. The summed E-state index contributed by atoms with van der Waals surface area (Å²) >= 11 is 1.42. The van der Waals surface area contributed by atoms with Gasteiger partial charge in [-0.05, 0) is 43.7 Å². The number of carbonyl (C=O) groups is 2. The van der Waals surface area contributed by atoms with Crippen LogP contribution in [-0.4, -0.2) is 36.4 Å². The Labute approximate surface area is 180 Å². The van der Waals surface area contributed by atoms with E-state index in [1.165, 1.54) is 11.8 Å². The minimum absolute atomic E-state index is 0.0886. The molecule has 2 amide bonds. The molecule has 0 saturated carbocycles. The minimum atomic E-state index is -0.929. The van der Waals surface area contributed by atoms with Gasteiger partial charge in [0.25, 0.3) is 0 Å². The molecule has 2 aromatic rings. The molecule has 0 aliphatic rings. The Balaban J connectivity index is 2.10. The maximum atomic E-state index is 12.7. The maximum Gasteiger partial charge on any atom is 0.408 e. The van der Waals surface area contributed by atoms with Crippen LogP contribution < -0.4 is 15.4 Å². The van der Waals surface area contributed by atoms with Gasteiger partial charge in [-0.1, -0.05) is 30.3 Å². The number of hydrogen-bond acceptors (Lipinski definition) is 6. The zero-order valence-corrected chi connectivity index (χ0v) is 18.0. The number of alkyl carbamates (subject to hydrolysis) is 1. The first-order valence-electron chi connectivity index (χ1n) is 9.30. The molecule has 2 rings (SSSR count). The first-order chi connectivity index (χ1) is 14.4. The van der Waals surface area contributed by atoms with Gasteiger partial charge in [-0.15, -0.1) is 11.8 Å². The summed E-state index contributed by atoms with van der Waals surface area (Å²) in [7, 11) is 1.59. The van der Waals surface area contributed by atoms with E-state index in [1.54, 1.807) is 7.11 Å². The fourth-order valence-corrected chi connectivity index (χ4v) is 3.84. The lowest BCUT2D eigenvalue weighted by Gasteiger charge is -2.33. The van der Waals surface area contributed by atoms with Gasteiger partial charge >= 0.3 is 6.09 Å². The van der Waals surface area contributed by atoms with Crippen LogP contribution in [0.5, 0.6) is 5.75 Å². The smallest absolute Gasteiger partial charge is 0.408 e. The SMILES string of the molecule is COc1ccc(SC(C)(C)[C@@H](NC(=O)OCc2ccccc2)C(=O)NCC#N)cc1. The van der Waals surface area contributed by atoms with Crippen LogP contribution in [0, 0.1) is 11.3 Å². The molecule has 0 aromatic heterocycles. The topological polar surface area (TPSA) is 100 Å². The van der Waals surface area contributed by atoms with E-state index < -0.39 is 22.8 Å². The molecule has 0 aliphatic heterocycles. The summed E-state index contributed by atoms with van der Waals surface area (Å²) in [6, 6.07) is 17.6. The summed E-state index contributed by atoms with van der Waals surface area (Å²) < 4.78 is 9.70. The van der Waals surface area contributed by atoms with Crippen molar-refractivity contribution in [3.63, 3.8) is 0 Å². The van der Waals surface area contributed by atoms with Gasteiger partial charge in [0.2, 0.25) is 5.91 Å². The normalized spacial score (nSPS) is 11.7. The summed E-state index contributed by atoms with van der Waals surface area (Å²) in [6.07, 6.45) is -0.709. The number of hydrogen-bond donors (Lipinski definition) is 2. The molecule has 2 aromatic carbocycles. The lowest BCUT2D eigenvalue weighted by Crippen LogP contribution is -2.56. The Bertz CT molecular complexity index is 880. The molecule has 0 heterocycles. The maximum absolute atomic E-state index is 12.7. The van der Waals surface area contributed by atoms with E-state index in [0.29, 0.717) is 0 Å². The number of rotatable bonds is 9. The Hall–Kier alpha value is -3.18. The fraction of sp³-hybridized carbons (Fsp3) is 0.318. The second-order valence-corrected chi connectivity index (χ2v) is 8.62. The van der Waals surface area contributed by atoms with Crippen LogP contribution >= 0.6 is 11.8 Å². The molecular weight excluding hydrogens is 402 g/mol. The minimum Gasteiger partial charge on any atom is -0.497 e. The number of nitrogens with one attached hydrogen (secondary N) is 2. The molecule has 0 aliphatic carbocycles. The van der Waals surface area contributed by atoms with Gasteiger partial charge < -0.3 is 20.1 Å². The van der Waals surface area contributed by atoms with Crippen molar-refractivity contribution in [2.45, 2.75) is 36.1 Å². The molecule has 7 nitrogen and oxygen atoms in total. The molecule has 0 saturated heterocycles. The van der Waals surface area contributed by atoms with Gasteiger partial charge in [0.05, 0.1) is 13.2 Å². The number of methoxy groups -OCH3 is 1. The summed E-state index contributed by atoms with van der Waals surface area (Å²) in [5.41, 5.74) is 0.838. The van der Waals surface area contributed by atoms with Crippen LogP contribution in [0.4, 0.5) is 4.79 Å². The first-order valence-corrected chi connectivity index (χ1v) is 10.1. The molecule has 30 heavy (non-hydrogen) atoms. The number of benzene rings is 2. The van der Waals surface area contributed by atoms with Crippen LogP contribution in [0.2, 0.25) is 0 Å². The van der Waals surface area contributed by atoms with E-state index in [-0.39, 0.29) is 13.2 Å². The van der Waals surface area contributed by atoms with E-state index in [1.807, 2.05) is 74.5 Å². The molecule has 1 atom stereocenters. The van der Waals surface area contributed by atoms with E-state index in [9.17, 15) is 9.59 Å². The third kappa shape index (κ3) is 7.01. The van der Waals surface area contributed by atoms with Crippen molar-refractivity contribution in [2.75, 3.05) is 13.7 Å². The van der Waals surface area contributed by atoms with Crippen molar-refractivity contribution in [1.29, 1.82) is 5.26 Å². The van der Waals surface area contributed by atoms with E-state index >= 15 is 0 Å². The highest BCUT2D eigenvalue weighted by molar-refractivity contribution is 8.00. The van der Waals surface area contributed by atoms with Crippen LogP contribution in [0.3, 0.4) is 0 Å². The monoisotopic (exact) mass is 427 g/mol. The van der Waals surface area contributed by atoms with Gasteiger partial charge in [0.1, 0.15) is 24.9 Å². The third-order valence-electron chi connectivity index (χ3n) is 4.21. The Morgan fingerprint density at radius 1 is 1.13 bits per heavy atom. The van der Waals surface area contributed by atoms with Gasteiger partial charge in [0, 0.05) is 9.64 Å². The van der Waals surface area contributed by atoms with E-state index in [2.05, 4.69) is 10.6 Å². The average Bonchev–Trinajstić information content (AvgIpc) is 2.75. The van der Waals surface area contributed by atoms with E-state index in [0.717, 1.165) is 16.2 Å². The van der Waals surface area contributed by atoms with Crippen molar-refractivity contribution in [3.05, 3.63) is 60.2 Å². The predicted molar refractivity (Wildman–Crippen MR) is 115 cm³/mol. The molecule has 0 spiro atoms. The number of ether oxygens (including phenoxy) is 2. The standard InChI is InChI=1S/C22H25N3O4S/c1-22(2,30-18-11-9-17(28-3)10-12-18)19(20(26)24-14-13-23)25-21(27)29-15-16-7-5-4-6-8-16/h4-12,19H,14-15H2,1-3H3,(H,24,26)(H,25,27)/t19-/m0/s1. The average molecular weight is 428 g/mol. The van der Waals surface area contributed by atoms with Crippen molar-refractivity contribution in [3.8, 4) is 11.8 Å². The summed E-state index contributed by atoms with van der Waals surface area (Å²) in [6.45, 7) is 3.62. The van der Waals surface area contributed by atoms with Crippen molar-refractivity contribution in [2.24, 2.45) is 0 Å².